The van der Waals surface area contributed by atoms with Crippen LogP contribution in [0.3, 0.4) is 0 Å². The molecule has 0 saturated heterocycles. The zero-order valence-electron chi connectivity index (χ0n) is 10.8. The van der Waals surface area contributed by atoms with Crippen LogP contribution in [0.5, 0.6) is 0 Å². The van der Waals surface area contributed by atoms with Crippen LogP contribution in [0.1, 0.15) is 40.2 Å². The average molecular weight is 343 g/mol. The molecule has 0 saturated carbocycles. The Hall–Kier alpha value is 0.173. The first kappa shape index (κ1) is 14.2. The van der Waals surface area contributed by atoms with E-state index in [1.54, 1.807) is 0 Å². The molecule has 16 heavy (non-hydrogen) atoms. The molecule has 0 bridgehead atoms. The topological polar surface area (TPSA) is 12.9 Å². The molecule has 0 atom stereocenters. The summed E-state index contributed by atoms with van der Waals surface area (Å²) >= 11 is 3.36. The molecule has 0 aliphatic carbocycles. The molecule has 1 rings (SSSR count). The SMILES string of the molecule is CC(C)Cc1cc(Br)nc[c]1[Ge][C](C)(C)C. The normalized spacial score (nSPS) is 12.2. The Kier molecular flexibility index (Phi) is 5.05. The van der Waals surface area contributed by atoms with E-state index >= 15 is 0 Å². The van der Waals surface area contributed by atoms with E-state index in [2.05, 4.69) is 67.8 Å². The van der Waals surface area contributed by atoms with Crippen molar-refractivity contribution in [1.29, 1.82) is 0 Å². The Balaban J connectivity index is 2.98. The molecule has 1 nitrogen and oxygen atoms in total. The standard InChI is InChI=1S/C13H20BrGeN/c1-9(2)6-10-7-12(14)16-8-11(10)15-13(3,4)5/h7-9H,6H2,1-5H3. The second-order valence-corrected chi connectivity index (χ2v) is 11.3. The average Bonchev–Trinajstić information content (AvgIpc) is 2.06. The summed E-state index contributed by atoms with van der Waals surface area (Å²) in [5.41, 5.74) is 1.49. The molecular weight excluding hydrogens is 323 g/mol. The van der Waals surface area contributed by atoms with Gasteiger partial charge in [0, 0.05) is 0 Å². The van der Waals surface area contributed by atoms with E-state index in [0.29, 0.717) is 10.2 Å². The molecule has 0 aromatic carbocycles. The van der Waals surface area contributed by atoms with Gasteiger partial charge in [0.1, 0.15) is 0 Å². The molecule has 0 aliphatic rings. The fraction of sp³-hybridized carbons (Fsp3) is 0.615. The van der Waals surface area contributed by atoms with Gasteiger partial charge in [0.05, 0.1) is 0 Å². The van der Waals surface area contributed by atoms with Crippen molar-refractivity contribution in [3.8, 4) is 0 Å². The summed E-state index contributed by atoms with van der Waals surface area (Å²) in [5.74, 6) is 0.708. The van der Waals surface area contributed by atoms with Crippen LogP contribution in [-0.2, 0) is 6.42 Å². The van der Waals surface area contributed by atoms with Gasteiger partial charge in [0.15, 0.2) is 0 Å². The summed E-state index contributed by atoms with van der Waals surface area (Å²) in [6.07, 6.45) is 3.24. The Morgan fingerprint density at radius 2 is 2.00 bits per heavy atom. The Bertz CT molecular complexity index is 355. The second-order valence-electron chi connectivity index (χ2n) is 5.64. The monoisotopic (exact) mass is 343 g/mol. The van der Waals surface area contributed by atoms with E-state index in [1.807, 2.05) is 0 Å². The Morgan fingerprint density at radius 1 is 1.38 bits per heavy atom. The van der Waals surface area contributed by atoms with E-state index < -0.39 is 0 Å². The predicted molar refractivity (Wildman–Crippen MR) is 75.6 cm³/mol. The summed E-state index contributed by atoms with van der Waals surface area (Å²) in [6, 6.07) is 2.20. The molecule has 1 heterocycles. The van der Waals surface area contributed by atoms with Gasteiger partial charge in [-0.2, -0.15) is 0 Å². The van der Waals surface area contributed by atoms with Crippen molar-refractivity contribution < 1.29 is 0 Å². The number of nitrogens with zero attached hydrogens (tertiary/aromatic N) is 1. The van der Waals surface area contributed by atoms with Crippen LogP contribution < -0.4 is 4.40 Å². The number of hydrogen-bond acceptors (Lipinski definition) is 1. The minimum atomic E-state index is -0.111. The van der Waals surface area contributed by atoms with Crippen LogP contribution >= 0.6 is 15.9 Å². The van der Waals surface area contributed by atoms with Gasteiger partial charge in [-0.05, 0) is 0 Å². The molecule has 0 aliphatic heterocycles. The summed E-state index contributed by atoms with van der Waals surface area (Å²) < 4.78 is 2.93. The first-order chi connectivity index (χ1) is 7.28. The first-order valence-electron chi connectivity index (χ1n) is 5.70. The maximum atomic E-state index is 4.38. The zero-order chi connectivity index (χ0) is 12.3. The molecule has 0 fully saturated rings. The van der Waals surface area contributed by atoms with Crippen LogP contribution in [0.25, 0.3) is 0 Å². The van der Waals surface area contributed by atoms with Gasteiger partial charge in [-0.15, -0.1) is 0 Å². The number of hydrogen-bond donors (Lipinski definition) is 0. The van der Waals surface area contributed by atoms with Crippen LogP contribution in [0.15, 0.2) is 16.9 Å². The van der Waals surface area contributed by atoms with Crippen molar-refractivity contribution in [3.05, 3.63) is 22.4 Å². The predicted octanol–water partition coefficient (Wildman–Crippen LogP) is 3.59. The van der Waals surface area contributed by atoms with Crippen LogP contribution in [-0.4, -0.2) is 20.4 Å². The third kappa shape index (κ3) is 5.00. The van der Waals surface area contributed by atoms with E-state index in [-0.39, 0.29) is 15.4 Å². The van der Waals surface area contributed by atoms with E-state index in [0.717, 1.165) is 11.0 Å². The summed E-state index contributed by atoms with van der Waals surface area (Å²) in [5, 5.41) is 0. The van der Waals surface area contributed by atoms with Gasteiger partial charge in [0.2, 0.25) is 0 Å². The molecular formula is C13H20BrGeN. The van der Waals surface area contributed by atoms with Crippen LogP contribution in [0.2, 0.25) is 4.25 Å². The van der Waals surface area contributed by atoms with Gasteiger partial charge < -0.3 is 0 Å². The summed E-state index contributed by atoms with van der Waals surface area (Å²) in [4.78, 5) is 4.38. The van der Waals surface area contributed by atoms with Gasteiger partial charge >= 0.3 is 114 Å². The number of halogens is 1. The van der Waals surface area contributed by atoms with E-state index in [9.17, 15) is 0 Å². The molecule has 2 radical (unpaired) electrons. The van der Waals surface area contributed by atoms with Crippen molar-refractivity contribution >= 4 is 35.8 Å². The second kappa shape index (κ2) is 5.68. The van der Waals surface area contributed by atoms with Gasteiger partial charge in [-0.25, -0.2) is 0 Å². The molecule has 88 valence electrons. The summed E-state index contributed by atoms with van der Waals surface area (Å²) in [7, 11) is 0. The molecule has 3 heteroatoms. The van der Waals surface area contributed by atoms with Gasteiger partial charge in [0.25, 0.3) is 0 Å². The first-order valence-corrected chi connectivity index (χ1v) is 8.59. The third-order valence-corrected chi connectivity index (χ3v) is 5.61. The van der Waals surface area contributed by atoms with Crippen LogP contribution in [0, 0.1) is 5.92 Å². The molecule has 0 unspecified atom stereocenters. The minimum absolute atomic E-state index is 0.111. The summed E-state index contributed by atoms with van der Waals surface area (Å²) in [6.45, 7) is 11.5. The molecule has 0 N–H and O–H groups in total. The van der Waals surface area contributed by atoms with E-state index in [4.69, 9.17) is 0 Å². The third-order valence-electron chi connectivity index (χ3n) is 2.09. The zero-order valence-corrected chi connectivity index (χ0v) is 14.4. The Morgan fingerprint density at radius 3 is 2.50 bits per heavy atom. The maximum absolute atomic E-state index is 4.38. The number of pyridine rings is 1. The van der Waals surface area contributed by atoms with Crippen LogP contribution in [0.4, 0.5) is 0 Å². The Labute approximate surface area is 114 Å². The van der Waals surface area contributed by atoms with Crippen molar-refractivity contribution in [2.24, 2.45) is 5.92 Å². The number of rotatable bonds is 3. The van der Waals surface area contributed by atoms with Gasteiger partial charge in [-0.1, -0.05) is 0 Å². The number of aromatic nitrogens is 1. The van der Waals surface area contributed by atoms with Gasteiger partial charge in [-0.3, -0.25) is 0 Å². The molecule has 0 spiro atoms. The van der Waals surface area contributed by atoms with Crippen molar-refractivity contribution in [3.63, 3.8) is 0 Å². The van der Waals surface area contributed by atoms with Crippen molar-refractivity contribution in [2.75, 3.05) is 0 Å². The van der Waals surface area contributed by atoms with Crippen molar-refractivity contribution in [2.45, 2.75) is 45.3 Å². The quantitative estimate of drug-likeness (QED) is 0.604. The fourth-order valence-corrected chi connectivity index (χ4v) is 4.64. The fourth-order valence-electron chi connectivity index (χ4n) is 1.59. The molecule has 1 aromatic heterocycles. The van der Waals surface area contributed by atoms with E-state index in [1.165, 1.54) is 9.96 Å². The molecule has 1 aromatic rings. The van der Waals surface area contributed by atoms with Crippen molar-refractivity contribution in [1.82, 2.24) is 4.98 Å². The molecule has 0 amide bonds.